The maximum atomic E-state index is 15.3. The van der Waals surface area contributed by atoms with Gasteiger partial charge in [-0.05, 0) is 38.0 Å². The van der Waals surface area contributed by atoms with Crippen LogP contribution in [0.15, 0.2) is 77.6 Å². The molecule has 0 spiro atoms. The third-order valence-corrected chi connectivity index (χ3v) is 6.50. The highest BCUT2D eigenvalue weighted by molar-refractivity contribution is 5.69. The van der Waals surface area contributed by atoms with Gasteiger partial charge in [0.25, 0.3) is 0 Å². The minimum Gasteiger partial charge on any atom is -0.494 e. The van der Waals surface area contributed by atoms with E-state index in [2.05, 4.69) is 0 Å². The van der Waals surface area contributed by atoms with Crippen LogP contribution in [-0.4, -0.2) is 11.7 Å². The zero-order valence-electron chi connectivity index (χ0n) is 20.0. The van der Waals surface area contributed by atoms with E-state index in [4.69, 9.17) is 10.5 Å². The molecule has 1 unspecified atom stereocenters. The Kier molecular flexibility index (Phi) is 7.12. The first-order valence-corrected chi connectivity index (χ1v) is 11.4. The number of aromatic nitrogens is 1. The lowest BCUT2D eigenvalue weighted by Crippen LogP contribution is -2.27. The van der Waals surface area contributed by atoms with E-state index in [0.717, 1.165) is 5.56 Å². The Hall–Kier alpha value is -3.77. The Morgan fingerprint density at radius 2 is 1.60 bits per heavy atom. The van der Waals surface area contributed by atoms with Gasteiger partial charge in [0.1, 0.15) is 5.82 Å². The van der Waals surface area contributed by atoms with Gasteiger partial charge in [-0.3, -0.25) is 4.79 Å². The molecule has 6 heteroatoms. The van der Waals surface area contributed by atoms with Gasteiger partial charge in [0.15, 0.2) is 17.0 Å². The average molecular weight is 475 g/mol. The van der Waals surface area contributed by atoms with Crippen LogP contribution >= 0.6 is 0 Å². The predicted molar refractivity (Wildman–Crippen MR) is 135 cm³/mol. The molecule has 1 atom stereocenters. The Balaban J connectivity index is 1.94. The molecule has 4 aromatic rings. The smallest absolute Gasteiger partial charge is 0.193 e. The minimum absolute atomic E-state index is 0.0464. The molecule has 180 valence electrons. The van der Waals surface area contributed by atoms with Gasteiger partial charge >= 0.3 is 0 Å². The summed E-state index contributed by atoms with van der Waals surface area (Å²) in [6.45, 7) is 3.77. The lowest BCUT2D eigenvalue weighted by molar-refractivity contribution is 0.387. The Bertz CT molecular complexity index is 1410. The minimum atomic E-state index is -0.616. The molecule has 0 fully saturated rings. The van der Waals surface area contributed by atoms with Crippen molar-refractivity contribution < 1.29 is 13.5 Å². The van der Waals surface area contributed by atoms with Crippen LogP contribution in [0.1, 0.15) is 34.1 Å². The van der Waals surface area contributed by atoms with Gasteiger partial charge < -0.3 is 15.0 Å². The molecule has 35 heavy (non-hydrogen) atoms. The zero-order valence-corrected chi connectivity index (χ0v) is 20.0. The number of hydrogen-bond donors (Lipinski definition) is 1. The first-order chi connectivity index (χ1) is 16.8. The van der Waals surface area contributed by atoms with Crippen LogP contribution in [-0.2, 0) is 13.0 Å². The van der Waals surface area contributed by atoms with Gasteiger partial charge in [0.05, 0.1) is 19.2 Å². The number of methoxy groups -OCH3 is 1. The highest BCUT2D eigenvalue weighted by Crippen LogP contribution is 2.31. The summed E-state index contributed by atoms with van der Waals surface area (Å²) in [5.41, 5.74) is 9.62. The molecule has 4 rings (SSSR count). The Morgan fingerprint density at radius 1 is 0.914 bits per heavy atom. The number of halogens is 2. The van der Waals surface area contributed by atoms with E-state index >= 15 is 4.39 Å². The van der Waals surface area contributed by atoms with Gasteiger partial charge in [0.2, 0.25) is 0 Å². The molecule has 0 bridgehead atoms. The molecule has 0 amide bonds. The average Bonchev–Trinajstić information content (AvgIpc) is 2.87. The van der Waals surface area contributed by atoms with Crippen molar-refractivity contribution in [3.05, 3.63) is 123 Å². The molecule has 1 aromatic heterocycles. The molecule has 2 N–H and O–H groups in total. The summed E-state index contributed by atoms with van der Waals surface area (Å²) in [5, 5.41) is 0. The Labute approximate surface area is 203 Å². The second-order valence-electron chi connectivity index (χ2n) is 8.57. The fourth-order valence-corrected chi connectivity index (χ4v) is 4.52. The normalized spacial score (nSPS) is 11.9. The van der Waals surface area contributed by atoms with Gasteiger partial charge in [0, 0.05) is 34.1 Å². The fraction of sp³-hybridized carbons (Fsp3) is 0.207. The third kappa shape index (κ3) is 4.75. The molecule has 3 aromatic carbocycles. The quantitative estimate of drug-likeness (QED) is 0.373. The van der Waals surface area contributed by atoms with Crippen LogP contribution in [0.4, 0.5) is 8.78 Å². The van der Waals surface area contributed by atoms with Crippen LogP contribution in [0.25, 0.3) is 11.1 Å². The van der Waals surface area contributed by atoms with Gasteiger partial charge in [-0.15, -0.1) is 0 Å². The number of hydrogen-bond acceptors (Lipinski definition) is 3. The van der Waals surface area contributed by atoms with E-state index in [9.17, 15) is 9.18 Å². The van der Waals surface area contributed by atoms with Crippen molar-refractivity contribution in [1.82, 2.24) is 4.57 Å². The SMILES string of the molecule is COc1cccc(-c2c(C)n(Cc3ccccc3F)c(C)c(CC(N)c3ccccc3)c2=O)c1F. The Morgan fingerprint density at radius 3 is 2.29 bits per heavy atom. The molecular weight excluding hydrogens is 446 g/mol. The highest BCUT2D eigenvalue weighted by atomic mass is 19.1. The van der Waals surface area contributed by atoms with E-state index < -0.39 is 11.9 Å². The van der Waals surface area contributed by atoms with Crippen molar-refractivity contribution in [2.45, 2.75) is 32.9 Å². The molecule has 0 saturated heterocycles. The van der Waals surface area contributed by atoms with Crippen LogP contribution in [0, 0.1) is 25.5 Å². The molecule has 0 radical (unpaired) electrons. The van der Waals surface area contributed by atoms with Crippen molar-refractivity contribution in [1.29, 1.82) is 0 Å². The molecule has 0 saturated carbocycles. The molecule has 0 aliphatic heterocycles. The van der Waals surface area contributed by atoms with Crippen LogP contribution in [0.3, 0.4) is 0 Å². The fourth-order valence-electron chi connectivity index (χ4n) is 4.52. The summed E-state index contributed by atoms with van der Waals surface area (Å²) in [6.07, 6.45) is 0.255. The lowest BCUT2D eigenvalue weighted by Gasteiger charge is -2.23. The molecule has 1 heterocycles. The van der Waals surface area contributed by atoms with E-state index in [1.165, 1.54) is 19.2 Å². The van der Waals surface area contributed by atoms with Crippen molar-refractivity contribution in [3.63, 3.8) is 0 Å². The third-order valence-electron chi connectivity index (χ3n) is 6.50. The molecule has 0 aliphatic carbocycles. The maximum Gasteiger partial charge on any atom is 0.193 e. The zero-order chi connectivity index (χ0) is 25.1. The summed E-state index contributed by atoms with van der Waals surface area (Å²) < 4.78 is 36.9. The maximum absolute atomic E-state index is 15.3. The molecule has 4 nitrogen and oxygen atoms in total. The summed E-state index contributed by atoms with van der Waals surface area (Å²) >= 11 is 0. The van der Waals surface area contributed by atoms with Gasteiger partial charge in [-0.25, -0.2) is 8.78 Å². The number of nitrogens with two attached hydrogens (primary N) is 1. The lowest BCUT2D eigenvalue weighted by atomic mass is 9.93. The number of rotatable bonds is 7. The van der Waals surface area contributed by atoms with Crippen molar-refractivity contribution in [2.75, 3.05) is 7.11 Å². The van der Waals surface area contributed by atoms with E-state index in [1.54, 1.807) is 37.3 Å². The number of ether oxygens (including phenoxy) is 1. The van der Waals surface area contributed by atoms with Crippen LogP contribution in [0.2, 0.25) is 0 Å². The number of pyridine rings is 1. The summed E-state index contributed by atoms with van der Waals surface area (Å²) in [5.74, 6) is -0.915. The largest absolute Gasteiger partial charge is 0.494 e. The van der Waals surface area contributed by atoms with Crippen molar-refractivity contribution in [3.8, 4) is 16.9 Å². The van der Waals surface area contributed by atoms with E-state index in [-0.39, 0.29) is 41.1 Å². The van der Waals surface area contributed by atoms with Gasteiger partial charge in [-0.1, -0.05) is 60.7 Å². The first-order valence-electron chi connectivity index (χ1n) is 11.4. The molecule has 0 aliphatic rings. The summed E-state index contributed by atoms with van der Waals surface area (Å²) in [6, 6.07) is 20.3. The van der Waals surface area contributed by atoms with E-state index in [0.29, 0.717) is 22.5 Å². The second kappa shape index (κ2) is 10.2. The van der Waals surface area contributed by atoms with Crippen LogP contribution < -0.4 is 15.9 Å². The predicted octanol–water partition coefficient (Wildman–Crippen LogP) is 5.71. The standard InChI is InChI=1S/C29H28F2N2O2/c1-18-23(16-25(32)20-10-5-4-6-11-20)29(34)27(22-13-9-15-26(35-3)28(22)31)19(2)33(18)17-21-12-7-8-14-24(21)30/h4-15,25H,16-17,32H2,1-3H3. The van der Waals surface area contributed by atoms with Gasteiger partial charge in [-0.2, -0.15) is 0 Å². The number of benzene rings is 3. The topological polar surface area (TPSA) is 57.2 Å². The number of nitrogens with zero attached hydrogens (tertiary/aromatic N) is 1. The highest BCUT2D eigenvalue weighted by Gasteiger charge is 2.24. The second-order valence-corrected chi connectivity index (χ2v) is 8.57. The van der Waals surface area contributed by atoms with Crippen LogP contribution in [0.5, 0.6) is 5.75 Å². The van der Waals surface area contributed by atoms with Crippen molar-refractivity contribution >= 4 is 0 Å². The monoisotopic (exact) mass is 474 g/mol. The van der Waals surface area contributed by atoms with E-state index in [1.807, 2.05) is 41.8 Å². The molecular formula is C29H28F2N2O2. The first kappa shape index (κ1) is 24.4. The summed E-state index contributed by atoms with van der Waals surface area (Å²) in [4.78, 5) is 13.9. The van der Waals surface area contributed by atoms with Crippen molar-refractivity contribution in [2.24, 2.45) is 5.73 Å². The summed E-state index contributed by atoms with van der Waals surface area (Å²) in [7, 11) is 1.38.